The molecule has 0 aliphatic carbocycles. The van der Waals surface area contributed by atoms with Gasteiger partial charge >= 0.3 is 0 Å². The van der Waals surface area contributed by atoms with Crippen molar-refractivity contribution in [2.75, 3.05) is 30.8 Å². The Bertz CT molecular complexity index is 1050. The maximum Gasteiger partial charge on any atom is 0.243 e. The normalized spacial score (nSPS) is 15.4. The highest BCUT2D eigenvalue weighted by molar-refractivity contribution is 7.92. The lowest BCUT2D eigenvalue weighted by atomic mass is 10.1. The SMILES string of the molecule is COc1ccc(N([C@H](C)C(=O)NCc2ccccc2CN2CCCC2)S(C)(=O)=O)cc1Cl. The molecule has 1 fully saturated rings. The Kier molecular flexibility index (Phi) is 8.03. The summed E-state index contributed by atoms with van der Waals surface area (Å²) in [5.41, 5.74) is 2.50. The van der Waals surface area contributed by atoms with Crippen LogP contribution < -0.4 is 14.4 Å². The van der Waals surface area contributed by atoms with Crippen molar-refractivity contribution in [3.05, 3.63) is 58.6 Å². The zero-order valence-corrected chi connectivity index (χ0v) is 20.2. The van der Waals surface area contributed by atoms with Crippen molar-refractivity contribution >= 4 is 33.2 Å². The first-order valence-corrected chi connectivity index (χ1v) is 12.8. The molecule has 1 aliphatic heterocycles. The van der Waals surface area contributed by atoms with Crippen LogP contribution in [0.4, 0.5) is 5.69 Å². The lowest BCUT2D eigenvalue weighted by Crippen LogP contribution is -2.47. The molecular formula is C23H30ClN3O4S. The van der Waals surface area contributed by atoms with Gasteiger partial charge in [-0.25, -0.2) is 8.42 Å². The second-order valence-corrected chi connectivity index (χ2v) is 10.3. The van der Waals surface area contributed by atoms with Crippen molar-refractivity contribution in [3.8, 4) is 5.75 Å². The third kappa shape index (κ3) is 5.94. The zero-order chi connectivity index (χ0) is 23.3. The molecule has 0 bridgehead atoms. The summed E-state index contributed by atoms with van der Waals surface area (Å²) in [5.74, 6) is 0.0360. The monoisotopic (exact) mass is 479 g/mol. The van der Waals surface area contributed by atoms with Gasteiger partial charge in [0.25, 0.3) is 0 Å². The molecule has 1 amide bonds. The lowest BCUT2D eigenvalue weighted by molar-refractivity contribution is -0.122. The highest BCUT2D eigenvalue weighted by Crippen LogP contribution is 2.31. The quantitative estimate of drug-likeness (QED) is 0.596. The first kappa shape index (κ1) is 24.4. The summed E-state index contributed by atoms with van der Waals surface area (Å²) in [7, 11) is -2.26. The number of rotatable bonds is 9. The molecule has 174 valence electrons. The predicted molar refractivity (Wildman–Crippen MR) is 128 cm³/mol. The Morgan fingerprint density at radius 1 is 1.19 bits per heavy atom. The molecule has 0 unspecified atom stereocenters. The number of hydrogen-bond donors (Lipinski definition) is 1. The van der Waals surface area contributed by atoms with Crippen LogP contribution in [0.15, 0.2) is 42.5 Å². The summed E-state index contributed by atoms with van der Waals surface area (Å²) in [4.78, 5) is 15.4. The lowest BCUT2D eigenvalue weighted by Gasteiger charge is -2.28. The summed E-state index contributed by atoms with van der Waals surface area (Å²) in [5, 5.41) is 3.17. The van der Waals surface area contributed by atoms with Gasteiger partial charge in [-0.15, -0.1) is 0 Å². The average molecular weight is 480 g/mol. The first-order chi connectivity index (χ1) is 15.2. The third-order valence-corrected chi connectivity index (χ3v) is 7.18. The van der Waals surface area contributed by atoms with Gasteiger partial charge in [0, 0.05) is 13.1 Å². The molecule has 7 nitrogen and oxygen atoms in total. The molecule has 0 saturated carbocycles. The smallest absolute Gasteiger partial charge is 0.243 e. The van der Waals surface area contributed by atoms with E-state index in [0.717, 1.165) is 35.8 Å². The van der Waals surface area contributed by atoms with Crippen LogP contribution in [0.3, 0.4) is 0 Å². The molecular weight excluding hydrogens is 450 g/mol. The largest absolute Gasteiger partial charge is 0.495 e. The topological polar surface area (TPSA) is 79.0 Å². The van der Waals surface area contributed by atoms with E-state index in [1.54, 1.807) is 19.1 Å². The minimum atomic E-state index is -3.74. The maximum absolute atomic E-state index is 13.0. The number of halogens is 1. The number of nitrogens with one attached hydrogen (secondary N) is 1. The van der Waals surface area contributed by atoms with Gasteiger partial charge in [0.05, 0.1) is 24.1 Å². The Labute approximate surface area is 195 Å². The number of nitrogens with zero attached hydrogens (tertiary/aromatic N) is 2. The number of amides is 1. The zero-order valence-electron chi connectivity index (χ0n) is 18.7. The van der Waals surface area contributed by atoms with Crippen LogP contribution in [0, 0.1) is 0 Å². The Hall–Kier alpha value is -2.29. The maximum atomic E-state index is 13.0. The van der Waals surface area contributed by atoms with Crippen LogP contribution in [0.5, 0.6) is 5.75 Å². The van der Waals surface area contributed by atoms with E-state index in [1.165, 1.54) is 31.6 Å². The summed E-state index contributed by atoms with van der Waals surface area (Å²) in [6, 6.07) is 11.7. The van der Waals surface area contributed by atoms with Crippen LogP contribution in [-0.2, 0) is 27.9 Å². The van der Waals surface area contributed by atoms with Crippen LogP contribution >= 0.6 is 11.6 Å². The number of ether oxygens (including phenoxy) is 1. The molecule has 2 aromatic carbocycles. The Morgan fingerprint density at radius 2 is 1.84 bits per heavy atom. The van der Waals surface area contributed by atoms with Crippen molar-refractivity contribution in [1.29, 1.82) is 0 Å². The van der Waals surface area contributed by atoms with Crippen LogP contribution in [0.1, 0.15) is 30.9 Å². The van der Waals surface area contributed by atoms with E-state index in [9.17, 15) is 13.2 Å². The molecule has 0 aromatic heterocycles. The number of anilines is 1. The molecule has 1 heterocycles. The van der Waals surface area contributed by atoms with Gasteiger partial charge in [-0.3, -0.25) is 14.0 Å². The van der Waals surface area contributed by atoms with E-state index in [4.69, 9.17) is 16.3 Å². The second-order valence-electron chi connectivity index (χ2n) is 8.02. The Balaban J connectivity index is 1.74. The molecule has 1 aliphatic rings. The molecule has 0 spiro atoms. The number of carbonyl (C=O) groups is 1. The molecule has 3 rings (SSSR count). The van der Waals surface area contributed by atoms with E-state index in [2.05, 4.69) is 16.3 Å². The highest BCUT2D eigenvalue weighted by Gasteiger charge is 2.29. The minimum absolute atomic E-state index is 0.266. The van der Waals surface area contributed by atoms with E-state index < -0.39 is 22.0 Å². The first-order valence-electron chi connectivity index (χ1n) is 10.6. The van der Waals surface area contributed by atoms with Gasteiger partial charge in [0.1, 0.15) is 11.8 Å². The molecule has 2 aromatic rings. The van der Waals surface area contributed by atoms with Crippen molar-refractivity contribution in [2.24, 2.45) is 0 Å². The third-order valence-electron chi connectivity index (χ3n) is 5.64. The van der Waals surface area contributed by atoms with Crippen molar-refractivity contribution in [1.82, 2.24) is 10.2 Å². The molecule has 0 radical (unpaired) electrons. The summed E-state index contributed by atoms with van der Waals surface area (Å²) >= 11 is 6.19. The molecule has 1 atom stereocenters. The van der Waals surface area contributed by atoms with E-state index in [1.807, 2.05) is 18.2 Å². The van der Waals surface area contributed by atoms with Gasteiger partial charge in [-0.2, -0.15) is 0 Å². The van der Waals surface area contributed by atoms with Gasteiger partial charge in [0.15, 0.2) is 0 Å². The van der Waals surface area contributed by atoms with Crippen molar-refractivity contribution < 1.29 is 17.9 Å². The summed E-state index contributed by atoms with van der Waals surface area (Å²) in [6.07, 6.45) is 3.50. The minimum Gasteiger partial charge on any atom is -0.495 e. The van der Waals surface area contributed by atoms with Crippen LogP contribution in [-0.4, -0.2) is 51.7 Å². The number of sulfonamides is 1. The van der Waals surface area contributed by atoms with Gasteiger partial charge < -0.3 is 10.1 Å². The number of hydrogen-bond acceptors (Lipinski definition) is 5. The van der Waals surface area contributed by atoms with Crippen molar-refractivity contribution in [2.45, 2.75) is 38.9 Å². The summed E-state index contributed by atoms with van der Waals surface area (Å²) < 4.78 is 31.3. The number of methoxy groups -OCH3 is 1. The Morgan fingerprint density at radius 3 is 2.44 bits per heavy atom. The van der Waals surface area contributed by atoms with Crippen molar-refractivity contribution in [3.63, 3.8) is 0 Å². The fourth-order valence-corrected chi connectivity index (χ4v) is 5.42. The fraction of sp³-hybridized carbons (Fsp3) is 0.435. The predicted octanol–water partition coefficient (Wildman–Crippen LogP) is 3.42. The standard InChI is InChI=1S/C23H30ClN3O4S/c1-17(27(32(3,29)30)20-10-11-22(31-2)21(24)14-20)23(28)25-15-18-8-4-5-9-19(18)16-26-12-6-7-13-26/h4-5,8-11,14,17H,6-7,12-13,15-16H2,1-3H3,(H,25,28)/t17-/m1/s1. The molecule has 9 heteroatoms. The fourth-order valence-electron chi connectivity index (χ4n) is 4.00. The summed E-state index contributed by atoms with van der Waals surface area (Å²) in [6.45, 7) is 4.91. The van der Waals surface area contributed by atoms with Gasteiger partial charge in [0.2, 0.25) is 15.9 Å². The van der Waals surface area contributed by atoms with Gasteiger partial charge in [-0.05, 0) is 62.2 Å². The second kappa shape index (κ2) is 10.6. The number of likely N-dealkylation sites (tertiary alicyclic amines) is 1. The number of carbonyl (C=O) groups excluding carboxylic acids is 1. The van der Waals surface area contributed by atoms with Crippen LogP contribution in [0.2, 0.25) is 5.02 Å². The molecule has 32 heavy (non-hydrogen) atoms. The molecule has 1 saturated heterocycles. The van der Waals surface area contributed by atoms with E-state index in [-0.39, 0.29) is 5.02 Å². The van der Waals surface area contributed by atoms with E-state index >= 15 is 0 Å². The van der Waals surface area contributed by atoms with Crippen LogP contribution in [0.25, 0.3) is 0 Å². The van der Waals surface area contributed by atoms with Gasteiger partial charge in [-0.1, -0.05) is 35.9 Å². The van der Waals surface area contributed by atoms with E-state index in [0.29, 0.717) is 18.0 Å². The highest BCUT2D eigenvalue weighted by atomic mass is 35.5. The number of benzene rings is 2. The molecule has 1 N–H and O–H groups in total. The average Bonchev–Trinajstić information content (AvgIpc) is 3.25.